The van der Waals surface area contributed by atoms with Gasteiger partial charge in [0.05, 0.1) is 4.90 Å². The standard InChI is InChI=1S/C16H26N2O2S/c1-7-8-18(12(2)3)21(19,20)16-10-15(11-17-6)13(4)9-14(16)5/h7,9-10,12,17H,1,8,11H2,2-6H3. The van der Waals surface area contributed by atoms with Crippen LogP contribution >= 0.6 is 0 Å². The Labute approximate surface area is 128 Å². The van der Waals surface area contributed by atoms with Gasteiger partial charge in [0.15, 0.2) is 0 Å². The highest BCUT2D eigenvalue weighted by Gasteiger charge is 2.28. The van der Waals surface area contributed by atoms with Crippen LogP contribution in [0.3, 0.4) is 0 Å². The van der Waals surface area contributed by atoms with Gasteiger partial charge >= 0.3 is 0 Å². The number of hydrogen-bond donors (Lipinski definition) is 1. The molecule has 1 aromatic rings. The van der Waals surface area contributed by atoms with Crippen LogP contribution in [0.2, 0.25) is 0 Å². The van der Waals surface area contributed by atoms with Crippen molar-refractivity contribution < 1.29 is 8.42 Å². The predicted molar refractivity (Wildman–Crippen MR) is 87.9 cm³/mol. The largest absolute Gasteiger partial charge is 0.316 e. The molecular weight excluding hydrogens is 284 g/mol. The predicted octanol–water partition coefficient (Wildman–Crippen LogP) is 2.61. The van der Waals surface area contributed by atoms with Crippen molar-refractivity contribution in [2.45, 2.75) is 45.2 Å². The molecule has 0 aliphatic heterocycles. The fraction of sp³-hybridized carbons (Fsp3) is 0.500. The Hall–Kier alpha value is -1.17. The van der Waals surface area contributed by atoms with E-state index in [1.54, 1.807) is 12.1 Å². The van der Waals surface area contributed by atoms with E-state index < -0.39 is 10.0 Å². The summed E-state index contributed by atoms with van der Waals surface area (Å²) in [6, 6.07) is 3.61. The van der Waals surface area contributed by atoms with Gasteiger partial charge in [-0.3, -0.25) is 0 Å². The van der Waals surface area contributed by atoms with Crippen LogP contribution < -0.4 is 5.32 Å². The van der Waals surface area contributed by atoms with Gasteiger partial charge in [0.1, 0.15) is 0 Å². The zero-order valence-corrected chi connectivity index (χ0v) is 14.4. The average Bonchev–Trinajstić information content (AvgIpc) is 2.38. The van der Waals surface area contributed by atoms with E-state index in [0.29, 0.717) is 18.0 Å². The number of rotatable bonds is 7. The Morgan fingerprint density at radius 3 is 2.38 bits per heavy atom. The van der Waals surface area contributed by atoms with Crippen LogP contribution in [0, 0.1) is 13.8 Å². The van der Waals surface area contributed by atoms with E-state index in [9.17, 15) is 8.42 Å². The van der Waals surface area contributed by atoms with Crippen LogP contribution in [0.5, 0.6) is 0 Å². The van der Waals surface area contributed by atoms with Crippen LogP contribution in [0.1, 0.15) is 30.5 Å². The van der Waals surface area contributed by atoms with Crippen molar-refractivity contribution in [1.29, 1.82) is 0 Å². The first kappa shape index (κ1) is 17.9. The summed E-state index contributed by atoms with van der Waals surface area (Å²) >= 11 is 0. The Kier molecular flexibility index (Phi) is 6.13. The molecule has 0 unspecified atom stereocenters. The van der Waals surface area contributed by atoms with Crippen LogP contribution in [-0.2, 0) is 16.6 Å². The molecule has 0 radical (unpaired) electrons. The van der Waals surface area contributed by atoms with Gasteiger partial charge in [-0.05, 0) is 57.5 Å². The summed E-state index contributed by atoms with van der Waals surface area (Å²) in [4.78, 5) is 0.383. The fourth-order valence-electron chi connectivity index (χ4n) is 2.37. The van der Waals surface area contributed by atoms with Crippen LogP contribution in [-0.4, -0.2) is 32.4 Å². The third kappa shape index (κ3) is 3.93. The van der Waals surface area contributed by atoms with E-state index in [4.69, 9.17) is 0 Å². The second-order valence-corrected chi connectivity index (χ2v) is 7.39. The quantitative estimate of drug-likeness (QED) is 0.788. The van der Waals surface area contributed by atoms with Gasteiger partial charge in [-0.1, -0.05) is 12.1 Å². The molecule has 0 heterocycles. The third-order valence-electron chi connectivity index (χ3n) is 3.47. The first-order valence-corrected chi connectivity index (χ1v) is 8.57. The monoisotopic (exact) mass is 310 g/mol. The van der Waals surface area contributed by atoms with Gasteiger partial charge in [0, 0.05) is 19.1 Å². The summed E-state index contributed by atoms with van der Waals surface area (Å²) < 4.78 is 27.3. The maximum absolute atomic E-state index is 12.9. The summed E-state index contributed by atoms with van der Waals surface area (Å²) in [6.45, 7) is 12.2. The molecule has 0 amide bonds. The molecule has 0 aliphatic rings. The van der Waals surface area contributed by atoms with E-state index in [1.807, 2.05) is 40.8 Å². The van der Waals surface area contributed by atoms with E-state index >= 15 is 0 Å². The highest BCUT2D eigenvalue weighted by atomic mass is 32.2. The van der Waals surface area contributed by atoms with Crippen molar-refractivity contribution in [2.24, 2.45) is 0 Å². The van der Waals surface area contributed by atoms with E-state index in [1.165, 1.54) is 4.31 Å². The number of sulfonamides is 1. The summed E-state index contributed by atoms with van der Waals surface area (Å²) in [7, 11) is -1.66. The van der Waals surface area contributed by atoms with Crippen molar-refractivity contribution in [3.8, 4) is 0 Å². The zero-order valence-electron chi connectivity index (χ0n) is 13.6. The Bertz CT molecular complexity index is 607. The SMILES string of the molecule is C=CCN(C(C)C)S(=O)(=O)c1cc(CNC)c(C)cc1C. The smallest absolute Gasteiger partial charge is 0.243 e. The lowest BCUT2D eigenvalue weighted by atomic mass is 10.1. The molecule has 0 spiro atoms. The zero-order chi connectivity index (χ0) is 16.2. The molecular formula is C16H26N2O2S. The minimum atomic E-state index is -3.52. The van der Waals surface area contributed by atoms with Gasteiger partial charge in [-0.15, -0.1) is 6.58 Å². The number of hydrogen-bond acceptors (Lipinski definition) is 3. The summed E-state index contributed by atoms with van der Waals surface area (Å²) in [5.74, 6) is 0. The molecule has 0 aliphatic carbocycles. The third-order valence-corrected chi connectivity index (χ3v) is 5.66. The molecule has 21 heavy (non-hydrogen) atoms. The lowest BCUT2D eigenvalue weighted by Crippen LogP contribution is -2.37. The Morgan fingerprint density at radius 1 is 1.29 bits per heavy atom. The van der Waals surface area contributed by atoms with Crippen molar-refractivity contribution in [1.82, 2.24) is 9.62 Å². The van der Waals surface area contributed by atoms with E-state index in [2.05, 4.69) is 11.9 Å². The van der Waals surface area contributed by atoms with Gasteiger partial charge < -0.3 is 5.32 Å². The molecule has 1 rings (SSSR count). The molecule has 0 saturated heterocycles. The minimum Gasteiger partial charge on any atom is -0.316 e. The molecule has 4 nitrogen and oxygen atoms in total. The number of benzene rings is 1. The van der Waals surface area contributed by atoms with Crippen molar-refractivity contribution in [3.05, 3.63) is 41.5 Å². The van der Waals surface area contributed by atoms with Gasteiger partial charge in [-0.25, -0.2) is 8.42 Å². The minimum absolute atomic E-state index is 0.110. The lowest BCUT2D eigenvalue weighted by molar-refractivity contribution is 0.382. The Balaban J connectivity index is 3.42. The van der Waals surface area contributed by atoms with E-state index in [-0.39, 0.29) is 6.04 Å². The summed E-state index contributed by atoms with van der Waals surface area (Å²) in [5.41, 5.74) is 2.88. The molecule has 0 aromatic heterocycles. The molecule has 5 heteroatoms. The van der Waals surface area contributed by atoms with Crippen LogP contribution in [0.25, 0.3) is 0 Å². The van der Waals surface area contributed by atoms with Gasteiger partial charge in [0.25, 0.3) is 0 Å². The normalized spacial score (nSPS) is 12.1. The van der Waals surface area contributed by atoms with Crippen molar-refractivity contribution in [3.63, 3.8) is 0 Å². The number of nitrogens with one attached hydrogen (secondary N) is 1. The maximum atomic E-state index is 12.9. The molecule has 0 fully saturated rings. The lowest BCUT2D eigenvalue weighted by Gasteiger charge is -2.26. The molecule has 118 valence electrons. The summed E-state index contributed by atoms with van der Waals surface area (Å²) in [5, 5.41) is 3.08. The van der Waals surface area contributed by atoms with Crippen LogP contribution in [0.15, 0.2) is 29.7 Å². The average molecular weight is 310 g/mol. The number of aryl methyl sites for hydroxylation is 2. The molecule has 0 bridgehead atoms. The highest BCUT2D eigenvalue weighted by molar-refractivity contribution is 7.89. The topological polar surface area (TPSA) is 49.4 Å². The summed E-state index contributed by atoms with van der Waals surface area (Å²) in [6.07, 6.45) is 1.62. The second kappa shape index (κ2) is 7.20. The molecule has 0 saturated carbocycles. The number of nitrogens with zero attached hydrogens (tertiary/aromatic N) is 1. The second-order valence-electron chi connectivity index (χ2n) is 5.53. The first-order chi connectivity index (χ1) is 9.75. The fourth-order valence-corrected chi connectivity index (χ4v) is 4.24. The molecule has 1 aromatic carbocycles. The first-order valence-electron chi connectivity index (χ1n) is 7.13. The molecule has 0 atom stereocenters. The highest BCUT2D eigenvalue weighted by Crippen LogP contribution is 2.25. The van der Waals surface area contributed by atoms with Gasteiger partial charge in [0.2, 0.25) is 10.0 Å². The maximum Gasteiger partial charge on any atom is 0.243 e. The van der Waals surface area contributed by atoms with Gasteiger partial charge in [-0.2, -0.15) is 4.31 Å². The van der Waals surface area contributed by atoms with E-state index in [0.717, 1.165) is 16.7 Å². The molecule has 1 N–H and O–H groups in total. The van der Waals surface area contributed by atoms with Crippen molar-refractivity contribution in [2.75, 3.05) is 13.6 Å². The van der Waals surface area contributed by atoms with Crippen molar-refractivity contribution >= 4 is 10.0 Å². The van der Waals surface area contributed by atoms with Crippen LogP contribution in [0.4, 0.5) is 0 Å². The Morgan fingerprint density at radius 2 is 1.90 bits per heavy atom.